The highest BCUT2D eigenvalue weighted by Gasteiger charge is 2.30. The first-order valence-electron chi connectivity index (χ1n) is 10.0. The summed E-state index contributed by atoms with van der Waals surface area (Å²) in [6.07, 6.45) is 3.16. The van der Waals surface area contributed by atoms with Gasteiger partial charge in [0.15, 0.2) is 11.7 Å². The number of carbonyl (C=O) groups excluding carboxylic acids is 2. The minimum atomic E-state index is -0.515. The molecule has 1 amide bonds. The fraction of sp³-hybridized carbons (Fsp3) is 0.238. The molecule has 33 heavy (non-hydrogen) atoms. The third-order valence-corrected chi connectivity index (χ3v) is 5.00. The highest BCUT2D eigenvalue weighted by Crippen LogP contribution is 2.33. The summed E-state index contributed by atoms with van der Waals surface area (Å²) in [5, 5.41) is 8.60. The van der Waals surface area contributed by atoms with E-state index < -0.39 is 5.97 Å². The van der Waals surface area contributed by atoms with E-state index in [4.69, 9.17) is 16.3 Å². The van der Waals surface area contributed by atoms with Crippen LogP contribution in [-0.2, 0) is 9.53 Å². The lowest BCUT2D eigenvalue weighted by atomic mass is 9.81. The van der Waals surface area contributed by atoms with Gasteiger partial charge in [-0.15, -0.1) is 5.10 Å². The van der Waals surface area contributed by atoms with Crippen molar-refractivity contribution in [3.8, 4) is 11.3 Å². The Morgan fingerprint density at radius 1 is 1.30 bits per heavy atom. The van der Waals surface area contributed by atoms with Gasteiger partial charge in [0.25, 0.3) is 0 Å². The molecular formula is C21H23B2N7O3. The molecule has 0 aliphatic heterocycles. The molecule has 0 bridgehead atoms. The fourth-order valence-electron chi connectivity index (χ4n) is 3.28. The molecule has 6 N–H and O–H groups in total. The predicted molar refractivity (Wildman–Crippen MR) is 128 cm³/mol. The fourth-order valence-corrected chi connectivity index (χ4v) is 3.28. The van der Waals surface area contributed by atoms with Crippen LogP contribution in [0.1, 0.15) is 28.8 Å². The van der Waals surface area contributed by atoms with Gasteiger partial charge in [0.2, 0.25) is 5.91 Å². The van der Waals surface area contributed by atoms with Crippen molar-refractivity contribution in [3.63, 3.8) is 0 Å². The molecule has 0 saturated heterocycles. The van der Waals surface area contributed by atoms with Gasteiger partial charge in [-0.05, 0) is 30.5 Å². The maximum atomic E-state index is 12.3. The van der Waals surface area contributed by atoms with E-state index in [1.165, 1.54) is 13.3 Å². The Kier molecular flexibility index (Phi) is 7.39. The van der Waals surface area contributed by atoms with Crippen molar-refractivity contribution in [3.05, 3.63) is 47.7 Å². The molecule has 1 aliphatic carbocycles. The monoisotopic (exact) mass is 443 g/mol. The van der Waals surface area contributed by atoms with Crippen LogP contribution in [0, 0.1) is 5.92 Å². The van der Waals surface area contributed by atoms with E-state index in [2.05, 4.69) is 35.9 Å². The summed E-state index contributed by atoms with van der Waals surface area (Å²) in [5.41, 5.74) is 9.06. The zero-order valence-corrected chi connectivity index (χ0v) is 18.3. The Morgan fingerprint density at radius 2 is 2.03 bits per heavy atom. The van der Waals surface area contributed by atoms with Crippen LogP contribution in [0.4, 0.5) is 5.82 Å². The summed E-state index contributed by atoms with van der Waals surface area (Å²) in [7, 11) is 10.9. The Bertz CT molecular complexity index is 1210. The largest absolute Gasteiger partial charge is 0.465 e. The summed E-state index contributed by atoms with van der Waals surface area (Å²) in [6.45, 7) is 0. The third-order valence-electron chi connectivity index (χ3n) is 5.00. The second kappa shape index (κ2) is 10.2. The van der Waals surface area contributed by atoms with Crippen molar-refractivity contribution >= 4 is 49.9 Å². The number of amidine groups is 1. The maximum absolute atomic E-state index is 12.3. The number of hydrazone groups is 1. The molecule has 1 aromatic carbocycles. The normalized spacial score (nSPS) is 13.1. The number of fused-ring (bicyclic) bond motifs is 1. The number of H-pyrrole nitrogens is 1. The number of esters is 1. The van der Waals surface area contributed by atoms with Crippen molar-refractivity contribution in [1.29, 1.82) is 0 Å². The van der Waals surface area contributed by atoms with Crippen molar-refractivity contribution < 1.29 is 14.3 Å². The van der Waals surface area contributed by atoms with Gasteiger partial charge < -0.3 is 20.8 Å². The number of hydrogen-bond donors (Lipinski definition) is 4. The first kappa shape index (κ1) is 23.9. The van der Waals surface area contributed by atoms with Crippen LogP contribution >= 0.6 is 0 Å². The van der Waals surface area contributed by atoms with Gasteiger partial charge in [0.05, 0.1) is 18.2 Å². The minimum Gasteiger partial charge on any atom is -0.465 e. The van der Waals surface area contributed by atoms with E-state index in [9.17, 15) is 9.59 Å². The summed E-state index contributed by atoms with van der Waals surface area (Å²) in [5.74, 6) is 5.60. The van der Waals surface area contributed by atoms with E-state index in [1.54, 1.807) is 7.05 Å². The average molecular weight is 443 g/mol. The SMILES string of the molecule is COC(=O)c1cnc(NC(=O)C2CC2)c2[nH]c(-c3cccc(/C(N)=N/N(C)N)c3)cc12.[B][B]. The van der Waals surface area contributed by atoms with Gasteiger partial charge in [-0.2, -0.15) is 0 Å². The van der Waals surface area contributed by atoms with Gasteiger partial charge in [0, 0.05) is 51.3 Å². The molecule has 4 rings (SSSR count). The molecule has 0 atom stereocenters. The summed E-state index contributed by atoms with van der Waals surface area (Å²) >= 11 is 0. The first-order chi connectivity index (χ1) is 15.9. The van der Waals surface area contributed by atoms with Gasteiger partial charge in [-0.3, -0.25) is 4.79 Å². The third kappa shape index (κ3) is 5.35. The van der Waals surface area contributed by atoms with Gasteiger partial charge >= 0.3 is 5.97 Å². The van der Waals surface area contributed by atoms with Crippen LogP contribution in [0.2, 0.25) is 0 Å². The number of anilines is 1. The standard InChI is InChI=1S/C21H23N7O3.B2/c1-28(23)27-18(22)13-5-3-4-12(8-13)16-9-14-15(21(30)31-2)10-24-19(17(14)25-16)26-20(29)11-6-7-11;1-2/h3-5,8-11,25H,6-7,23H2,1-2H3,(H2,22,27)(H,24,26,29);. The number of aromatic amines is 1. The number of pyridine rings is 1. The van der Waals surface area contributed by atoms with Crippen LogP contribution in [0.5, 0.6) is 0 Å². The molecule has 0 spiro atoms. The second-order valence-corrected chi connectivity index (χ2v) is 7.39. The van der Waals surface area contributed by atoms with Crippen molar-refractivity contribution in [1.82, 2.24) is 15.1 Å². The lowest BCUT2D eigenvalue weighted by molar-refractivity contribution is -0.117. The Balaban J connectivity index is 0.00000149. The van der Waals surface area contributed by atoms with Gasteiger partial charge in [-0.25, -0.2) is 20.7 Å². The first-order valence-corrected chi connectivity index (χ1v) is 10.0. The van der Waals surface area contributed by atoms with Crippen molar-refractivity contribution in [2.24, 2.45) is 22.6 Å². The van der Waals surface area contributed by atoms with Gasteiger partial charge in [-0.1, -0.05) is 18.2 Å². The predicted octanol–water partition coefficient (Wildman–Crippen LogP) is 1.03. The van der Waals surface area contributed by atoms with Crippen LogP contribution in [0.3, 0.4) is 0 Å². The quantitative estimate of drug-likeness (QED) is 0.111. The smallest absolute Gasteiger partial charge is 0.340 e. The van der Waals surface area contributed by atoms with E-state index >= 15 is 0 Å². The molecule has 0 unspecified atom stereocenters. The summed E-state index contributed by atoms with van der Waals surface area (Å²) < 4.78 is 4.89. The number of nitrogens with two attached hydrogens (primary N) is 2. The Morgan fingerprint density at radius 3 is 2.67 bits per heavy atom. The second-order valence-electron chi connectivity index (χ2n) is 7.39. The van der Waals surface area contributed by atoms with Gasteiger partial charge in [0.1, 0.15) is 0 Å². The molecule has 3 aromatic rings. The molecule has 1 aliphatic rings. The van der Waals surface area contributed by atoms with E-state index in [0.717, 1.165) is 23.5 Å². The zero-order chi connectivity index (χ0) is 24.1. The highest BCUT2D eigenvalue weighted by molar-refractivity contribution is 6.75. The van der Waals surface area contributed by atoms with E-state index in [0.29, 0.717) is 33.5 Å². The maximum Gasteiger partial charge on any atom is 0.340 e. The molecule has 1 saturated carbocycles. The number of nitrogens with zero attached hydrogens (tertiary/aromatic N) is 3. The topological polar surface area (TPSA) is 152 Å². The number of nitrogens with one attached hydrogen (secondary N) is 2. The average Bonchev–Trinajstić information content (AvgIpc) is 3.58. The lowest BCUT2D eigenvalue weighted by Gasteiger charge is -2.08. The highest BCUT2D eigenvalue weighted by atomic mass is 16.5. The molecule has 12 heteroatoms. The molecule has 4 radical (unpaired) electrons. The number of amides is 1. The van der Waals surface area contributed by atoms with Crippen molar-refractivity contribution in [2.75, 3.05) is 19.5 Å². The van der Waals surface area contributed by atoms with Crippen LogP contribution in [-0.4, -0.2) is 62.4 Å². The van der Waals surface area contributed by atoms with E-state index in [1.807, 2.05) is 30.3 Å². The number of benzene rings is 1. The molecule has 166 valence electrons. The minimum absolute atomic E-state index is 0.0196. The number of hydrazine groups is 1. The Hall–Kier alpha value is -3.79. The summed E-state index contributed by atoms with van der Waals surface area (Å²) in [6, 6.07) is 9.21. The Labute approximate surface area is 193 Å². The lowest BCUT2D eigenvalue weighted by Crippen LogP contribution is -2.25. The molecule has 10 nitrogen and oxygen atoms in total. The number of carbonyl (C=O) groups is 2. The molecule has 1 fully saturated rings. The number of hydrogen-bond acceptors (Lipinski definition) is 7. The number of methoxy groups -OCH3 is 1. The zero-order valence-electron chi connectivity index (χ0n) is 18.3. The van der Waals surface area contributed by atoms with Crippen LogP contribution < -0.4 is 16.9 Å². The van der Waals surface area contributed by atoms with Crippen LogP contribution in [0.15, 0.2) is 41.6 Å². The summed E-state index contributed by atoms with van der Waals surface area (Å²) in [4.78, 5) is 32.1. The molecule has 2 heterocycles. The molecule has 2 aromatic heterocycles. The molecular weight excluding hydrogens is 420 g/mol. The van der Waals surface area contributed by atoms with Crippen LogP contribution in [0.25, 0.3) is 22.2 Å². The van der Waals surface area contributed by atoms with Crippen molar-refractivity contribution in [2.45, 2.75) is 12.8 Å². The number of rotatable bonds is 6. The van der Waals surface area contributed by atoms with E-state index in [-0.39, 0.29) is 17.7 Å². The number of aromatic nitrogens is 2. The number of ether oxygens (including phenoxy) is 1.